The Morgan fingerprint density at radius 2 is 1.43 bits per heavy atom. The van der Waals surface area contributed by atoms with E-state index in [0.29, 0.717) is 82.0 Å². The number of primary sulfonamides is 1. The minimum atomic E-state index is -3.97. The molecule has 1 saturated carbocycles. The summed E-state index contributed by atoms with van der Waals surface area (Å²) in [5.74, 6) is -6.74. The number of carbonyl (C=O) groups is 11. The number of hydrogen-bond acceptors (Lipinski definition) is 16. The van der Waals surface area contributed by atoms with E-state index in [0.717, 1.165) is 5.56 Å². The highest BCUT2D eigenvalue weighted by molar-refractivity contribution is 7.89. The fourth-order valence-corrected chi connectivity index (χ4v) is 14.9. The number of allylic oxidation sites excluding steroid dienone is 2. The van der Waals surface area contributed by atoms with Gasteiger partial charge >= 0.3 is 12.1 Å². The Balaban J connectivity index is 1.05. The molecular weight excluding hydrogens is 1280 g/mol. The number of fused-ring (bicyclic) bond motifs is 2. The predicted molar refractivity (Wildman–Crippen MR) is 366 cm³/mol. The summed E-state index contributed by atoms with van der Waals surface area (Å²) in [6.45, 7) is 13.1. The van der Waals surface area contributed by atoms with E-state index in [-0.39, 0.29) is 92.4 Å². The number of sulfonamides is 1. The van der Waals surface area contributed by atoms with E-state index in [1.165, 1.54) is 31.3 Å². The van der Waals surface area contributed by atoms with Crippen molar-refractivity contribution < 1.29 is 75.4 Å². The van der Waals surface area contributed by atoms with Gasteiger partial charge in [0.25, 0.3) is 0 Å². The van der Waals surface area contributed by atoms with E-state index in [1.807, 2.05) is 58.0 Å². The van der Waals surface area contributed by atoms with Crippen LogP contribution in [0.5, 0.6) is 0 Å². The van der Waals surface area contributed by atoms with Crippen molar-refractivity contribution in [3.05, 3.63) is 77.9 Å². The molecule has 4 aliphatic rings. The smallest absolute Gasteiger partial charge is 0.411 e. The number of urea groups is 1. The molecule has 28 heteroatoms. The summed E-state index contributed by atoms with van der Waals surface area (Å²) >= 11 is 0. The molecule has 27 nitrogen and oxygen atoms in total. The topological polar surface area (TPSA) is 384 Å². The molecule has 0 unspecified atom stereocenters. The van der Waals surface area contributed by atoms with Gasteiger partial charge in [-0.3, -0.25) is 48.1 Å². The Bertz CT molecular complexity index is 3230. The Hall–Kier alpha value is -7.82. The molecule has 2 aliphatic carbocycles. The fourth-order valence-electron chi connectivity index (χ4n) is 14.1. The molecule has 2 aromatic rings. The molecule has 2 saturated heterocycles. The van der Waals surface area contributed by atoms with Crippen LogP contribution in [0.2, 0.25) is 0 Å². The number of anilines is 1. The number of likely N-dealkylation sites (N-methyl/N-ethyl adjacent to an activating group) is 1. The number of ketones is 2. The van der Waals surface area contributed by atoms with Crippen molar-refractivity contribution in [3.63, 3.8) is 0 Å². The van der Waals surface area contributed by atoms with Crippen LogP contribution in [0.4, 0.5) is 15.3 Å². The molecule has 10 amide bonds. The number of nitrogens with zero attached hydrogens (tertiary/aromatic N) is 3. The number of nitrogens with one attached hydrogen (secondary N) is 6. The third-order valence-electron chi connectivity index (χ3n) is 19.6. The number of methoxy groups -OCH3 is 2. The fraction of sp³-hybridized carbons (Fsp3) is 0.643. The highest BCUT2D eigenvalue weighted by atomic mass is 32.2. The average Bonchev–Trinajstić information content (AvgIpc) is 1.60. The molecule has 0 spiro atoms. The van der Waals surface area contributed by atoms with Crippen LogP contribution in [0, 0.1) is 35.5 Å². The zero-order valence-electron chi connectivity index (χ0n) is 58.5. The summed E-state index contributed by atoms with van der Waals surface area (Å²) in [6.07, 6.45) is 6.55. The van der Waals surface area contributed by atoms with Crippen LogP contribution in [-0.4, -0.2) is 189 Å². The molecule has 2 heterocycles. The highest BCUT2D eigenvalue weighted by Gasteiger charge is 2.53. The third-order valence-corrected chi connectivity index (χ3v) is 20.5. The van der Waals surface area contributed by atoms with Gasteiger partial charge in [0.1, 0.15) is 30.8 Å². The summed E-state index contributed by atoms with van der Waals surface area (Å²) in [4.78, 5) is 153. The second-order valence-corrected chi connectivity index (χ2v) is 29.1. The van der Waals surface area contributed by atoms with Crippen LogP contribution < -0.4 is 42.8 Å². The zero-order valence-corrected chi connectivity index (χ0v) is 59.3. The Labute approximate surface area is 576 Å². The first-order valence-corrected chi connectivity index (χ1v) is 36.2. The number of carbonyl (C=O) groups excluding carboxylic acids is 11. The molecule has 10 N–H and O–H groups in total. The van der Waals surface area contributed by atoms with E-state index in [4.69, 9.17) is 25.1 Å². The van der Waals surface area contributed by atoms with E-state index in [1.54, 1.807) is 61.9 Å². The number of likely N-dealkylation sites (tertiary alicyclic amines) is 2. The average molecular weight is 1390 g/mol. The molecular formula is C70H105N11O16S. The van der Waals surface area contributed by atoms with E-state index < -0.39 is 130 Å². The quantitative estimate of drug-likeness (QED) is 0.0338. The van der Waals surface area contributed by atoms with Crippen LogP contribution in [0.15, 0.2) is 66.7 Å². The standard InChI is InChI=1S/C70H105N11O16S/c1-11-43(6)61(56(95-9)38-58(85)80-35-19-24-53(80)63(96-10)44(7)64(86)75-49(40-98(72,93)94)36-45-20-14-12-15-21-45)79(8)68(90)60(42(4)5)78-67(89)62-47-28-31-50(37-47)81(62)70(92)97-39-46-26-29-48(30-27-46)74-65(87)52(23-18-34-73-69(71)91)76-66(88)59(41(2)3)77-57(84)25-17-13-16-22-51-54(82)32-33-55(51)83/h12,14-15,20-21,26-27,29-30,32-33,41-44,47,49-53,56,59-63H,11,13,16-19,22-25,28,31,34-40H2,1-10H3,(H,74,87)(H,75,86)(H,76,88)(H,77,84)(H,78,89)(H3,71,73,91)(H2,72,93,94)/t43-,44+,47-,49-,50+,52-,53-,56+,59-,60-,61-,62-,63+/m0/s1. The monoisotopic (exact) mass is 1390 g/mol. The van der Waals surface area contributed by atoms with Gasteiger partial charge in [-0.25, -0.2) is 23.1 Å². The predicted octanol–water partition coefficient (Wildman–Crippen LogP) is 4.54. The van der Waals surface area contributed by atoms with E-state index in [2.05, 4.69) is 31.9 Å². The molecule has 2 bridgehead atoms. The van der Waals surface area contributed by atoms with Gasteiger partial charge in [0.05, 0.1) is 48.3 Å². The Morgan fingerprint density at radius 3 is 2.04 bits per heavy atom. The van der Waals surface area contributed by atoms with Gasteiger partial charge in [0.15, 0.2) is 11.6 Å². The maximum absolute atomic E-state index is 14.9. The molecule has 2 aliphatic heterocycles. The first-order valence-electron chi connectivity index (χ1n) is 34.5. The van der Waals surface area contributed by atoms with Crippen LogP contribution in [0.3, 0.4) is 0 Å². The molecule has 0 radical (unpaired) electrons. The molecule has 6 rings (SSSR count). The largest absolute Gasteiger partial charge is 0.445 e. The molecule has 13 atom stereocenters. The summed E-state index contributed by atoms with van der Waals surface area (Å²) in [5, 5.41) is 22.2. The van der Waals surface area contributed by atoms with Crippen molar-refractivity contribution in [2.24, 2.45) is 46.4 Å². The first kappa shape index (κ1) is 79.2. The summed E-state index contributed by atoms with van der Waals surface area (Å²) in [6, 6.07) is 8.50. The minimum Gasteiger partial charge on any atom is -0.445 e. The van der Waals surface area contributed by atoms with Gasteiger partial charge < -0.3 is 61.6 Å². The van der Waals surface area contributed by atoms with E-state index >= 15 is 0 Å². The summed E-state index contributed by atoms with van der Waals surface area (Å²) < 4.78 is 42.5. The molecule has 98 heavy (non-hydrogen) atoms. The number of unbranched alkanes of at least 4 members (excludes halogenated alkanes) is 2. The van der Waals surface area contributed by atoms with E-state index in [9.17, 15) is 61.2 Å². The van der Waals surface area contributed by atoms with Gasteiger partial charge in [-0.1, -0.05) is 110 Å². The SMILES string of the molecule is CC[C@H](C)[C@@H]([C@@H](CC(=O)N1CCC[C@H]1[C@H](OC)[C@@H](C)C(=O)N[C@@H](Cc1ccccc1)CS(N)(=O)=O)OC)N(C)C(=O)[C@@H](NC(=O)[C@@H]1[C@H]2CC[C@H](C2)N1C(=O)OCc1ccc(NC(=O)[C@H](CCCNC(N)=O)NC(=O)[C@@H](NC(=O)CCCCCC2C(=O)C=CC2=O)C(C)C)cc1)C(C)C. The van der Waals surface area contributed by atoms with Gasteiger partial charge in [0.2, 0.25) is 51.4 Å². The van der Waals surface area contributed by atoms with Crippen molar-refractivity contribution in [1.82, 2.24) is 41.3 Å². The second kappa shape index (κ2) is 37.4. The number of piperidine rings is 1. The maximum Gasteiger partial charge on any atom is 0.411 e. The lowest BCUT2D eigenvalue weighted by Gasteiger charge is -2.41. The number of ether oxygens (including phenoxy) is 3. The summed E-state index contributed by atoms with van der Waals surface area (Å²) in [5.41, 5.74) is 6.97. The minimum absolute atomic E-state index is 0.0889. The lowest BCUT2D eigenvalue weighted by molar-refractivity contribution is -0.148. The number of amides is 10. The maximum atomic E-state index is 14.9. The Kier molecular flexibility index (Phi) is 30.2. The van der Waals surface area contributed by atoms with Crippen molar-refractivity contribution in [3.8, 4) is 0 Å². The molecule has 3 fully saturated rings. The van der Waals surface area contributed by atoms with Crippen molar-refractivity contribution in [1.29, 1.82) is 0 Å². The van der Waals surface area contributed by atoms with Crippen LogP contribution in [0.25, 0.3) is 0 Å². The zero-order chi connectivity index (χ0) is 72.1. The lowest BCUT2D eigenvalue weighted by Crippen LogP contribution is -2.60. The van der Waals surface area contributed by atoms with Gasteiger partial charge in [0, 0.05) is 58.5 Å². The number of hydrogen-bond donors (Lipinski definition) is 8. The summed E-state index contributed by atoms with van der Waals surface area (Å²) in [7, 11) is 0.624. The normalized spacial score (nSPS) is 20.4. The second-order valence-electron chi connectivity index (χ2n) is 27.4. The number of benzene rings is 2. The van der Waals surface area contributed by atoms with Crippen molar-refractivity contribution in [2.75, 3.05) is 45.4 Å². The molecule has 0 aromatic heterocycles. The molecule has 542 valence electrons. The van der Waals surface area contributed by atoms with Crippen molar-refractivity contribution >= 4 is 80.8 Å². The number of primary amides is 1. The van der Waals surface area contributed by atoms with Crippen molar-refractivity contribution in [2.45, 2.75) is 212 Å². The number of nitrogens with two attached hydrogens (primary N) is 2. The Morgan fingerprint density at radius 1 is 0.755 bits per heavy atom. The van der Waals surface area contributed by atoms with Crippen LogP contribution in [-0.2, 0) is 80.4 Å². The third kappa shape index (κ3) is 22.3. The number of rotatable bonds is 38. The van der Waals surface area contributed by atoms with Gasteiger partial charge in [-0.05, 0) is 123 Å². The van der Waals surface area contributed by atoms with Gasteiger partial charge in [-0.15, -0.1) is 0 Å². The van der Waals surface area contributed by atoms with Crippen LogP contribution in [0.1, 0.15) is 149 Å². The van der Waals surface area contributed by atoms with Crippen LogP contribution >= 0.6 is 0 Å². The highest BCUT2D eigenvalue weighted by Crippen LogP contribution is 2.43. The van der Waals surface area contributed by atoms with Gasteiger partial charge in [-0.2, -0.15) is 0 Å². The molecule has 2 aromatic carbocycles. The first-order chi connectivity index (χ1) is 46.5. The lowest BCUT2D eigenvalue weighted by atomic mass is 9.89.